The van der Waals surface area contributed by atoms with Crippen molar-refractivity contribution in [1.29, 1.82) is 0 Å². The highest BCUT2D eigenvalue weighted by Crippen LogP contribution is 2.33. The molecular formula is C15H20N2O2. The summed E-state index contributed by atoms with van der Waals surface area (Å²) in [5.74, 6) is 0. The topological polar surface area (TPSA) is 37.6 Å². The van der Waals surface area contributed by atoms with E-state index in [4.69, 9.17) is 4.74 Å². The largest absolute Gasteiger partial charge is 0.396 e. The molecule has 19 heavy (non-hydrogen) atoms. The number of para-hydroxylation sites is 1. The Balaban J connectivity index is 1.91. The minimum Gasteiger partial charge on any atom is -0.396 e. The van der Waals surface area contributed by atoms with Crippen molar-refractivity contribution in [3.8, 4) is 0 Å². The van der Waals surface area contributed by atoms with E-state index in [1.54, 1.807) is 0 Å². The highest BCUT2D eigenvalue weighted by molar-refractivity contribution is 5.93. The van der Waals surface area contributed by atoms with E-state index in [-0.39, 0.29) is 12.0 Å². The molecule has 1 fully saturated rings. The van der Waals surface area contributed by atoms with Crippen LogP contribution in [0.1, 0.15) is 0 Å². The number of hydrogen-bond acceptors (Lipinski definition) is 3. The number of aryl methyl sites for hydroxylation is 1. The third kappa shape index (κ3) is 2.01. The van der Waals surface area contributed by atoms with Gasteiger partial charge in [0.1, 0.15) is 0 Å². The van der Waals surface area contributed by atoms with Crippen LogP contribution in [0.15, 0.2) is 30.5 Å². The molecule has 1 aliphatic heterocycles. The van der Waals surface area contributed by atoms with Crippen molar-refractivity contribution < 1.29 is 9.84 Å². The zero-order valence-electron chi connectivity index (χ0n) is 11.5. The SMILES string of the molecule is CN(CC1(CO)COC1)c1cn(C)c2ccccc12. The molecule has 2 heterocycles. The van der Waals surface area contributed by atoms with E-state index in [0.29, 0.717) is 13.2 Å². The number of aliphatic hydroxyl groups is 1. The summed E-state index contributed by atoms with van der Waals surface area (Å²) in [5, 5.41) is 10.8. The molecule has 1 aliphatic rings. The summed E-state index contributed by atoms with van der Waals surface area (Å²) in [7, 11) is 4.14. The predicted octanol–water partition coefficient (Wildman–Crippen LogP) is 1.62. The Morgan fingerprint density at radius 1 is 1.37 bits per heavy atom. The Bertz CT molecular complexity index is 581. The van der Waals surface area contributed by atoms with Gasteiger partial charge in [-0.25, -0.2) is 0 Å². The second kappa shape index (κ2) is 4.54. The number of anilines is 1. The fraction of sp³-hybridized carbons (Fsp3) is 0.467. The normalized spacial score (nSPS) is 17.4. The molecule has 1 saturated heterocycles. The van der Waals surface area contributed by atoms with Gasteiger partial charge in [0.2, 0.25) is 0 Å². The molecule has 4 heteroatoms. The van der Waals surface area contributed by atoms with Crippen LogP contribution in [0, 0.1) is 5.41 Å². The molecule has 0 unspecified atom stereocenters. The molecule has 1 N–H and O–H groups in total. The molecule has 0 spiro atoms. The standard InChI is InChI=1S/C15H20N2O2/c1-16-7-14(12-5-3-4-6-13(12)16)17(2)8-15(9-18)10-19-11-15/h3-7,18H,8-11H2,1-2H3. The van der Waals surface area contributed by atoms with Gasteiger partial charge in [-0.15, -0.1) is 0 Å². The van der Waals surface area contributed by atoms with E-state index in [0.717, 1.165) is 6.54 Å². The van der Waals surface area contributed by atoms with Gasteiger partial charge in [-0.2, -0.15) is 0 Å². The first-order valence-electron chi connectivity index (χ1n) is 6.59. The Kier molecular flexibility index (Phi) is 2.99. The third-order valence-electron chi connectivity index (χ3n) is 4.01. The summed E-state index contributed by atoms with van der Waals surface area (Å²) >= 11 is 0. The smallest absolute Gasteiger partial charge is 0.0623 e. The molecule has 0 atom stereocenters. The molecule has 0 saturated carbocycles. The number of fused-ring (bicyclic) bond motifs is 1. The lowest BCUT2D eigenvalue weighted by atomic mass is 9.86. The molecule has 102 valence electrons. The highest BCUT2D eigenvalue weighted by atomic mass is 16.5. The summed E-state index contributed by atoms with van der Waals surface area (Å²) in [6, 6.07) is 8.39. The average molecular weight is 260 g/mol. The number of hydrogen-bond donors (Lipinski definition) is 1. The van der Waals surface area contributed by atoms with Gasteiger partial charge in [0.25, 0.3) is 0 Å². The maximum Gasteiger partial charge on any atom is 0.0623 e. The van der Waals surface area contributed by atoms with Crippen molar-refractivity contribution in [2.75, 3.05) is 38.3 Å². The summed E-state index contributed by atoms with van der Waals surface area (Å²) in [6.07, 6.45) is 2.15. The minimum atomic E-state index is -0.0916. The van der Waals surface area contributed by atoms with Crippen molar-refractivity contribution in [3.05, 3.63) is 30.5 Å². The molecule has 2 aromatic rings. The second-order valence-corrected chi connectivity index (χ2v) is 5.65. The second-order valence-electron chi connectivity index (χ2n) is 5.65. The molecular weight excluding hydrogens is 240 g/mol. The average Bonchev–Trinajstić information content (AvgIpc) is 2.72. The van der Waals surface area contributed by atoms with Crippen LogP contribution in [-0.4, -0.2) is 43.1 Å². The van der Waals surface area contributed by atoms with Gasteiger partial charge in [-0.3, -0.25) is 0 Å². The Morgan fingerprint density at radius 2 is 2.11 bits per heavy atom. The summed E-state index contributed by atoms with van der Waals surface area (Å²) in [5.41, 5.74) is 2.34. The van der Waals surface area contributed by atoms with Crippen LogP contribution in [0.3, 0.4) is 0 Å². The summed E-state index contributed by atoms with van der Waals surface area (Å²) < 4.78 is 7.41. The van der Waals surface area contributed by atoms with Crippen LogP contribution >= 0.6 is 0 Å². The van der Waals surface area contributed by atoms with Crippen molar-refractivity contribution in [2.45, 2.75) is 0 Å². The Labute approximate surface area is 113 Å². The first-order chi connectivity index (χ1) is 9.15. The fourth-order valence-corrected chi connectivity index (χ4v) is 2.84. The highest BCUT2D eigenvalue weighted by Gasteiger charge is 2.39. The first kappa shape index (κ1) is 12.5. The molecule has 1 aromatic heterocycles. The van der Waals surface area contributed by atoms with Gasteiger partial charge in [0.15, 0.2) is 0 Å². The molecule has 0 aliphatic carbocycles. The lowest BCUT2D eigenvalue weighted by Crippen LogP contribution is -2.52. The first-order valence-corrected chi connectivity index (χ1v) is 6.59. The van der Waals surface area contributed by atoms with Crippen LogP contribution in [0.5, 0.6) is 0 Å². The van der Waals surface area contributed by atoms with Crippen molar-refractivity contribution in [2.24, 2.45) is 12.5 Å². The molecule has 4 nitrogen and oxygen atoms in total. The van der Waals surface area contributed by atoms with Crippen LogP contribution in [0.2, 0.25) is 0 Å². The lowest BCUT2D eigenvalue weighted by Gasteiger charge is -2.42. The lowest BCUT2D eigenvalue weighted by molar-refractivity contribution is -0.130. The van der Waals surface area contributed by atoms with E-state index in [1.165, 1.54) is 16.6 Å². The number of rotatable bonds is 4. The van der Waals surface area contributed by atoms with Crippen molar-refractivity contribution >= 4 is 16.6 Å². The zero-order valence-corrected chi connectivity index (χ0v) is 11.5. The quantitative estimate of drug-likeness (QED) is 0.908. The van der Waals surface area contributed by atoms with E-state index >= 15 is 0 Å². The molecule has 3 rings (SSSR count). The number of nitrogens with zero attached hydrogens (tertiary/aromatic N) is 2. The van der Waals surface area contributed by atoms with E-state index in [9.17, 15) is 5.11 Å². The van der Waals surface area contributed by atoms with E-state index in [1.807, 2.05) is 0 Å². The molecule has 1 aromatic carbocycles. The Morgan fingerprint density at radius 3 is 2.74 bits per heavy atom. The van der Waals surface area contributed by atoms with Gasteiger partial charge in [-0.1, -0.05) is 18.2 Å². The fourth-order valence-electron chi connectivity index (χ4n) is 2.84. The molecule has 0 radical (unpaired) electrons. The summed E-state index contributed by atoms with van der Waals surface area (Å²) in [6.45, 7) is 2.30. The summed E-state index contributed by atoms with van der Waals surface area (Å²) in [4.78, 5) is 2.22. The third-order valence-corrected chi connectivity index (χ3v) is 4.01. The van der Waals surface area contributed by atoms with Gasteiger partial charge >= 0.3 is 0 Å². The van der Waals surface area contributed by atoms with Gasteiger partial charge in [0, 0.05) is 37.7 Å². The molecule has 0 amide bonds. The Hall–Kier alpha value is -1.52. The van der Waals surface area contributed by atoms with Gasteiger partial charge < -0.3 is 19.3 Å². The van der Waals surface area contributed by atoms with Gasteiger partial charge in [0.05, 0.1) is 30.9 Å². The van der Waals surface area contributed by atoms with Crippen LogP contribution in [0.25, 0.3) is 10.9 Å². The minimum absolute atomic E-state index is 0.0916. The van der Waals surface area contributed by atoms with Gasteiger partial charge in [-0.05, 0) is 6.07 Å². The maximum atomic E-state index is 9.54. The van der Waals surface area contributed by atoms with Crippen molar-refractivity contribution in [1.82, 2.24) is 4.57 Å². The number of benzene rings is 1. The predicted molar refractivity (Wildman–Crippen MR) is 76.5 cm³/mol. The van der Waals surface area contributed by atoms with E-state index in [2.05, 4.69) is 54.0 Å². The number of aromatic nitrogens is 1. The monoisotopic (exact) mass is 260 g/mol. The molecule has 0 bridgehead atoms. The van der Waals surface area contributed by atoms with E-state index < -0.39 is 0 Å². The number of aliphatic hydroxyl groups excluding tert-OH is 1. The van der Waals surface area contributed by atoms with Crippen LogP contribution < -0.4 is 4.90 Å². The van der Waals surface area contributed by atoms with Crippen molar-refractivity contribution in [3.63, 3.8) is 0 Å². The zero-order chi connectivity index (χ0) is 13.5. The van der Waals surface area contributed by atoms with Crippen LogP contribution in [0.4, 0.5) is 5.69 Å². The number of ether oxygens (including phenoxy) is 1. The van der Waals surface area contributed by atoms with Crippen LogP contribution in [-0.2, 0) is 11.8 Å². The maximum absolute atomic E-state index is 9.54.